The first-order valence-corrected chi connectivity index (χ1v) is 11.4. The fourth-order valence-corrected chi connectivity index (χ4v) is 3.33. The molecule has 0 atom stereocenters. The van der Waals surface area contributed by atoms with E-state index in [4.69, 9.17) is 15.2 Å². The van der Waals surface area contributed by atoms with Crippen LogP contribution in [0.2, 0.25) is 0 Å². The maximum atomic E-state index is 11.7. The molecule has 5 N–H and O–H groups in total. The highest BCUT2D eigenvalue weighted by atomic mass is 19.4. The lowest BCUT2D eigenvalue weighted by atomic mass is 10.1. The summed E-state index contributed by atoms with van der Waals surface area (Å²) in [7, 11) is 0. The summed E-state index contributed by atoms with van der Waals surface area (Å²) in [6.07, 6.45) is -0.524. The van der Waals surface area contributed by atoms with E-state index in [1.807, 2.05) is 18.2 Å². The molecule has 11 heteroatoms. The van der Waals surface area contributed by atoms with E-state index in [9.17, 15) is 18.0 Å². The lowest BCUT2D eigenvalue weighted by Gasteiger charge is -2.06. The van der Waals surface area contributed by atoms with Gasteiger partial charge < -0.3 is 15.4 Å². The predicted molar refractivity (Wildman–Crippen MR) is 134 cm³/mol. The van der Waals surface area contributed by atoms with Crippen LogP contribution in [0.1, 0.15) is 28.8 Å². The van der Waals surface area contributed by atoms with Gasteiger partial charge in [0.25, 0.3) is 5.91 Å². The van der Waals surface area contributed by atoms with Gasteiger partial charge in [0, 0.05) is 42.2 Å². The molecule has 0 fully saturated rings. The van der Waals surface area contributed by atoms with Crippen LogP contribution in [0.5, 0.6) is 0 Å². The second-order valence-electron chi connectivity index (χ2n) is 7.90. The lowest BCUT2D eigenvalue weighted by molar-refractivity contribution is -0.192. The maximum Gasteiger partial charge on any atom is 0.490 e. The lowest BCUT2D eigenvalue weighted by Crippen LogP contribution is -2.36. The van der Waals surface area contributed by atoms with Crippen molar-refractivity contribution in [3.63, 3.8) is 0 Å². The molecular weight excluding hydrogens is 487 g/mol. The number of aliphatic carboxylic acids is 1. The fourth-order valence-electron chi connectivity index (χ4n) is 3.33. The average molecular weight is 516 g/mol. The van der Waals surface area contributed by atoms with Gasteiger partial charge in [0.1, 0.15) is 0 Å². The van der Waals surface area contributed by atoms with Crippen molar-refractivity contribution in [1.82, 2.24) is 21.2 Å². The van der Waals surface area contributed by atoms with Gasteiger partial charge >= 0.3 is 12.1 Å². The third kappa shape index (κ3) is 10.2. The Morgan fingerprint density at radius 1 is 1.11 bits per heavy atom. The number of aromatic nitrogens is 1. The number of aryl methyl sites for hydroxylation is 1. The van der Waals surface area contributed by atoms with Gasteiger partial charge in [-0.2, -0.15) is 18.4 Å². The molecular formula is C26H28F3N5O3. The summed E-state index contributed by atoms with van der Waals surface area (Å²) in [6, 6.07) is 18.5. The molecule has 1 heterocycles. The van der Waals surface area contributed by atoms with E-state index in [-0.39, 0.29) is 5.91 Å². The second kappa shape index (κ2) is 14.4. The number of carboxylic acids is 1. The molecule has 8 nitrogen and oxygen atoms in total. The molecule has 0 aliphatic rings. The Balaban J connectivity index is 0.000000604. The highest BCUT2D eigenvalue weighted by Crippen LogP contribution is 2.22. The van der Waals surface area contributed by atoms with Gasteiger partial charge in [-0.15, -0.1) is 0 Å². The third-order valence-electron chi connectivity index (χ3n) is 5.13. The smallest absolute Gasteiger partial charge is 0.475 e. The SMILES string of the molecule is Cc1[nH]c2ccccc2c1CCNCc1ccc(/C=C/C(=O)NNCCC#N)cc1.O=C(O)C(F)(F)F. The first-order chi connectivity index (χ1) is 17.6. The van der Waals surface area contributed by atoms with Crippen molar-refractivity contribution in [2.24, 2.45) is 0 Å². The first-order valence-electron chi connectivity index (χ1n) is 11.4. The van der Waals surface area contributed by atoms with Gasteiger partial charge in [0.05, 0.1) is 6.07 Å². The number of para-hydroxylation sites is 1. The number of nitrogens with one attached hydrogen (secondary N) is 4. The quantitative estimate of drug-likeness (QED) is 0.158. The van der Waals surface area contributed by atoms with Crippen molar-refractivity contribution in [3.05, 3.63) is 77.0 Å². The Labute approximate surface area is 212 Å². The van der Waals surface area contributed by atoms with E-state index in [0.717, 1.165) is 25.1 Å². The Hall–Kier alpha value is -4.14. The Kier molecular flexibility index (Phi) is 11.3. The van der Waals surface area contributed by atoms with Gasteiger partial charge in [-0.3, -0.25) is 10.2 Å². The number of hydrogen-bond acceptors (Lipinski definition) is 5. The van der Waals surface area contributed by atoms with E-state index < -0.39 is 12.1 Å². The average Bonchev–Trinajstić information content (AvgIpc) is 3.18. The van der Waals surface area contributed by atoms with Crippen LogP contribution in [0.15, 0.2) is 54.6 Å². The molecule has 0 aliphatic carbocycles. The number of fused-ring (bicyclic) bond motifs is 1. The molecule has 0 aliphatic heterocycles. The minimum atomic E-state index is -5.08. The van der Waals surface area contributed by atoms with E-state index in [1.165, 1.54) is 33.8 Å². The Morgan fingerprint density at radius 3 is 2.43 bits per heavy atom. The summed E-state index contributed by atoms with van der Waals surface area (Å²) in [5.41, 5.74) is 11.2. The van der Waals surface area contributed by atoms with Crippen molar-refractivity contribution in [1.29, 1.82) is 5.26 Å². The molecule has 2 aromatic carbocycles. The number of carbonyl (C=O) groups excluding carboxylic acids is 1. The van der Waals surface area contributed by atoms with Gasteiger partial charge in [0.2, 0.25) is 0 Å². The zero-order valence-corrected chi connectivity index (χ0v) is 20.2. The fraction of sp³-hybridized carbons (Fsp3) is 0.269. The van der Waals surface area contributed by atoms with E-state index >= 15 is 0 Å². The molecule has 3 rings (SSSR count). The standard InChI is InChI=1S/C24H27N5O.C2HF3O2/c1-18-21(22-5-2-3-6-23(22)28-18)13-16-26-17-20-9-7-19(8-10-20)11-12-24(30)29-27-15-4-14-25;3-2(4,5)1(6)7/h2-3,5-12,26-28H,4,13,15-17H2,1H3,(H,29,30);(H,6,7)/b12-11+;. The third-order valence-corrected chi connectivity index (χ3v) is 5.13. The van der Waals surface area contributed by atoms with Crippen LogP contribution < -0.4 is 16.2 Å². The molecule has 1 amide bonds. The monoisotopic (exact) mass is 515 g/mol. The van der Waals surface area contributed by atoms with E-state index in [0.29, 0.717) is 13.0 Å². The highest BCUT2D eigenvalue weighted by molar-refractivity contribution is 5.91. The number of aromatic amines is 1. The van der Waals surface area contributed by atoms with Crippen LogP contribution >= 0.6 is 0 Å². The largest absolute Gasteiger partial charge is 0.490 e. The van der Waals surface area contributed by atoms with Crippen LogP contribution in [0.25, 0.3) is 17.0 Å². The topological polar surface area (TPSA) is 130 Å². The zero-order valence-electron chi connectivity index (χ0n) is 20.2. The summed E-state index contributed by atoms with van der Waals surface area (Å²) in [5.74, 6) is -3.00. The first kappa shape index (κ1) is 29.1. The molecule has 0 saturated heterocycles. The van der Waals surface area contributed by atoms with Gasteiger partial charge in [-0.1, -0.05) is 42.5 Å². The summed E-state index contributed by atoms with van der Waals surface area (Å²) in [6.45, 7) is 4.26. The minimum Gasteiger partial charge on any atom is -0.475 e. The van der Waals surface area contributed by atoms with Gasteiger partial charge in [-0.25, -0.2) is 10.2 Å². The van der Waals surface area contributed by atoms with Crippen molar-refractivity contribution in [2.75, 3.05) is 13.1 Å². The van der Waals surface area contributed by atoms with E-state index in [2.05, 4.69) is 64.5 Å². The normalized spacial score (nSPS) is 11.1. The number of rotatable bonds is 10. The molecule has 0 radical (unpaired) electrons. The number of benzene rings is 2. The van der Waals surface area contributed by atoms with Crippen LogP contribution in [0, 0.1) is 18.3 Å². The molecule has 0 spiro atoms. The number of carboxylic acid groups (broad SMARTS) is 1. The Morgan fingerprint density at radius 2 is 1.78 bits per heavy atom. The number of nitriles is 1. The van der Waals surface area contributed by atoms with E-state index in [1.54, 1.807) is 6.08 Å². The maximum absolute atomic E-state index is 11.7. The summed E-state index contributed by atoms with van der Waals surface area (Å²) in [4.78, 5) is 24.0. The highest BCUT2D eigenvalue weighted by Gasteiger charge is 2.38. The van der Waals surface area contributed by atoms with Crippen LogP contribution in [-0.4, -0.2) is 41.2 Å². The molecule has 1 aromatic heterocycles. The van der Waals surface area contributed by atoms with Gasteiger partial charge in [-0.05, 0) is 48.7 Å². The van der Waals surface area contributed by atoms with Crippen molar-refractivity contribution < 1.29 is 27.9 Å². The number of H-pyrrole nitrogens is 1. The number of amides is 1. The summed E-state index contributed by atoms with van der Waals surface area (Å²) >= 11 is 0. The molecule has 196 valence electrons. The number of alkyl halides is 3. The zero-order chi connectivity index (χ0) is 27.3. The van der Waals surface area contributed by atoms with Crippen molar-refractivity contribution in [3.8, 4) is 6.07 Å². The number of hydrogen-bond donors (Lipinski definition) is 5. The summed E-state index contributed by atoms with van der Waals surface area (Å²) in [5, 5.41) is 20.4. The minimum absolute atomic E-state index is 0.244. The van der Waals surface area contributed by atoms with Gasteiger partial charge in [0.15, 0.2) is 0 Å². The molecule has 0 unspecified atom stereocenters. The summed E-state index contributed by atoms with van der Waals surface area (Å²) < 4.78 is 31.7. The van der Waals surface area contributed by atoms with Crippen molar-refractivity contribution in [2.45, 2.75) is 32.5 Å². The van der Waals surface area contributed by atoms with Crippen LogP contribution in [0.3, 0.4) is 0 Å². The molecule has 0 saturated carbocycles. The predicted octanol–water partition coefficient (Wildman–Crippen LogP) is 3.99. The van der Waals surface area contributed by atoms with Crippen LogP contribution in [0.4, 0.5) is 13.2 Å². The molecule has 0 bridgehead atoms. The Bertz CT molecular complexity index is 1250. The number of carbonyl (C=O) groups is 2. The second-order valence-corrected chi connectivity index (χ2v) is 7.90. The molecule has 37 heavy (non-hydrogen) atoms. The number of hydrazine groups is 1. The van der Waals surface area contributed by atoms with Crippen LogP contribution in [-0.2, 0) is 22.6 Å². The van der Waals surface area contributed by atoms with Crippen molar-refractivity contribution >= 4 is 28.9 Å². The number of nitrogens with zero attached hydrogens (tertiary/aromatic N) is 1. The molecule has 3 aromatic rings. The number of halogens is 3.